The first-order chi connectivity index (χ1) is 3.48. The summed E-state index contributed by atoms with van der Waals surface area (Å²) >= 11 is -0.156. The van der Waals surface area contributed by atoms with Crippen molar-refractivity contribution < 1.29 is 26.7 Å². The number of hydroxylamine groups is 1. The van der Waals surface area contributed by atoms with Crippen molar-refractivity contribution in [3.05, 3.63) is 0 Å². The summed E-state index contributed by atoms with van der Waals surface area (Å²) in [6.45, 7) is 5.99. The molecule has 1 N–H and O–H groups in total. The zero-order valence-electron chi connectivity index (χ0n) is 5.77. The molecule has 0 aromatic rings. The molecule has 0 heterocycles. The average Bonchev–Trinajstić information content (AvgIpc) is 1.62. The van der Waals surface area contributed by atoms with Crippen LogP contribution in [0.25, 0.3) is 0 Å². The Kier molecular flexibility index (Phi) is 3.23. The number of hydrogen-bond donors (Lipinski definition) is 1. The number of hydrogen-bond acceptors (Lipinski definition) is 2. The van der Waals surface area contributed by atoms with E-state index in [1.807, 2.05) is 25.7 Å². The van der Waals surface area contributed by atoms with E-state index in [2.05, 4.69) is 0 Å². The number of nitrogens with zero attached hydrogens (tertiary/aromatic N) is 1. The molecule has 0 amide bonds. The SMILES string of the molecule is C[I-]N(O)C(C)(C)C. The summed E-state index contributed by atoms with van der Waals surface area (Å²) in [6.07, 6.45) is 0. The Hall–Kier alpha value is 0.650. The maximum absolute atomic E-state index is 9.08. The van der Waals surface area contributed by atoms with E-state index in [4.69, 9.17) is 5.21 Å². The molecule has 0 aromatic carbocycles. The molecule has 0 saturated heterocycles. The number of rotatable bonds is 1. The van der Waals surface area contributed by atoms with Crippen LogP contribution in [-0.2, 0) is 0 Å². The summed E-state index contributed by atoms with van der Waals surface area (Å²) in [5, 5.41) is 9.08. The van der Waals surface area contributed by atoms with Gasteiger partial charge in [0.1, 0.15) is 0 Å². The van der Waals surface area contributed by atoms with Crippen LogP contribution in [0.5, 0.6) is 0 Å². The van der Waals surface area contributed by atoms with E-state index in [0.29, 0.717) is 0 Å². The fraction of sp³-hybridized carbons (Fsp3) is 1.00. The third-order valence-electron chi connectivity index (χ3n) is 0.714. The first kappa shape index (κ1) is 8.65. The van der Waals surface area contributed by atoms with Gasteiger partial charge in [-0.2, -0.15) is 0 Å². The van der Waals surface area contributed by atoms with Crippen molar-refractivity contribution in [3.63, 3.8) is 0 Å². The number of halogens is 1. The van der Waals surface area contributed by atoms with Crippen molar-refractivity contribution in [1.82, 2.24) is 3.28 Å². The Balaban J connectivity index is 3.62. The summed E-state index contributed by atoms with van der Waals surface area (Å²) in [7, 11) is 0. The van der Waals surface area contributed by atoms with Crippen molar-refractivity contribution >= 4 is 0 Å². The Labute approximate surface area is 61.4 Å². The third-order valence-corrected chi connectivity index (χ3v) is 3.07. The predicted octanol–water partition coefficient (Wildman–Crippen LogP) is -1.89. The zero-order valence-corrected chi connectivity index (χ0v) is 7.93. The molecule has 0 aromatic heterocycles. The van der Waals surface area contributed by atoms with Gasteiger partial charge < -0.3 is 0 Å². The molecule has 8 heavy (non-hydrogen) atoms. The summed E-state index contributed by atoms with van der Waals surface area (Å²) in [5.41, 5.74) is -0.0535. The van der Waals surface area contributed by atoms with Gasteiger partial charge in [0.25, 0.3) is 0 Å². The van der Waals surface area contributed by atoms with E-state index in [1.165, 1.54) is 3.28 Å². The molecule has 0 fully saturated rings. The summed E-state index contributed by atoms with van der Waals surface area (Å²) < 4.78 is 1.42. The molecule has 3 heteroatoms. The van der Waals surface area contributed by atoms with E-state index in [-0.39, 0.29) is 27.0 Å². The van der Waals surface area contributed by atoms with Crippen molar-refractivity contribution in [3.8, 4) is 0 Å². The Bertz CT molecular complexity index is 69.3. The van der Waals surface area contributed by atoms with Crippen molar-refractivity contribution in [2.45, 2.75) is 26.3 Å². The molecule has 0 spiro atoms. The van der Waals surface area contributed by atoms with Crippen molar-refractivity contribution in [2.75, 3.05) is 4.93 Å². The molecule has 0 aliphatic heterocycles. The van der Waals surface area contributed by atoms with Gasteiger partial charge >= 0.3 is 61.2 Å². The minimum atomic E-state index is -0.156. The second-order valence-electron chi connectivity index (χ2n) is 2.60. The van der Waals surface area contributed by atoms with Gasteiger partial charge in [0, 0.05) is 0 Å². The van der Waals surface area contributed by atoms with Crippen LogP contribution in [0.1, 0.15) is 20.8 Å². The van der Waals surface area contributed by atoms with E-state index < -0.39 is 0 Å². The molecular formula is C5H13INO-. The van der Waals surface area contributed by atoms with Gasteiger partial charge in [-0.1, -0.05) is 0 Å². The van der Waals surface area contributed by atoms with Gasteiger partial charge in [-0.15, -0.1) is 0 Å². The predicted molar refractivity (Wildman–Crippen MR) is 29.3 cm³/mol. The molecule has 52 valence electrons. The standard InChI is InChI=1S/C5H13INO/c1-5(2,3)7(8)6-4/h8H,1-4H3/q-1. The Morgan fingerprint density at radius 2 is 1.75 bits per heavy atom. The Morgan fingerprint density at radius 1 is 1.38 bits per heavy atom. The first-order valence-electron chi connectivity index (χ1n) is 2.47. The van der Waals surface area contributed by atoms with Gasteiger partial charge in [-0.25, -0.2) is 0 Å². The monoisotopic (exact) mass is 230 g/mol. The van der Waals surface area contributed by atoms with Gasteiger partial charge in [-0.3, -0.25) is 0 Å². The van der Waals surface area contributed by atoms with Crippen LogP contribution in [0.15, 0.2) is 0 Å². The average molecular weight is 230 g/mol. The molecule has 0 aliphatic rings. The molecule has 0 bridgehead atoms. The van der Waals surface area contributed by atoms with E-state index >= 15 is 0 Å². The minimum absolute atomic E-state index is 0.0535. The molecule has 0 radical (unpaired) electrons. The second kappa shape index (κ2) is 2.98. The molecule has 2 nitrogen and oxygen atoms in total. The normalized spacial score (nSPS) is 13.2. The summed E-state index contributed by atoms with van der Waals surface area (Å²) in [6, 6.07) is 0. The molecule has 0 unspecified atom stereocenters. The van der Waals surface area contributed by atoms with E-state index in [9.17, 15) is 0 Å². The van der Waals surface area contributed by atoms with Gasteiger partial charge in [0.05, 0.1) is 0 Å². The molecule has 0 aliphatic carbocycles. The van der Waals surface area contributed by atoms with Crippen LogP contribution in [0, 0.1) is 0 Å². The van der Waals surface area contributed by atoms with Crippen molar-refractivity contribution in [2.24, 2.45) is 0 Å². The Morgan fingerprint density at radius 3 is 1.75 bits per heavy atom. The fourth-order valence-corrected chi connectivity index (χ4v) is 1.70. The molecule has 0 atom stereocenters. The van der Waals surface area contributed by atoms with Gasteiger partial charge in [0.2, 0.25) is 0 Å². The fourth-order valence-electron chi connectivity index (χ4n) is 0.254. The van der Waals surface area contributed by atoms with Crippen LogP contribution in [0.4, 0.5) is 0 Å². The van der Waals surface area contributed by atoms with Crippen LogP contribution in [0.2, 0.25) is 0 Å². The van der Waals surface area contributed by atoms with Crippen LogP contribution in [-0.4, -0.2) is 19.0 Å². The van der Waals surface area contributed by atoms with Crippen LogP contribution >= 0.6 is 0 Å². The first-order valence-corrected chi connectivity index (χ1v) is 5.59. The zero-order chi connectivity index (χ0) is 6.78. The van der Waals surface area contributed by atoms with Gasteiger partial charge in [-0.05, 0) is 0 Å². The summed E-state index contributed by atoms with van der Waals surface area (Å²) in [5.74, 6) is 0. The number of alkyl halides is 1. The van der Waals surface area contributed by atoms with Crippen molar-refractivity contribution in [1.29, 1.82) is 0 Å². The second-order valence-corrected chi connectivity index (χ2v) is 4.48. The van der Waals surface area contributed by atoms with Crippen LogP contribution < -0.4 is 21.5 Å². The quantitative estimate of drug-likeness (QED) is 0.246. The van der Waals surface area contributed by atoms with E-state index in [0.717, 1.165) is 0 Å². The molecule has 0 saturated carbocycles. The topological polar surface area (TPSA) is 23.5 Å². The molecule has 0 rings (SSSR count). The maximum atomic E-state index is 9.08. The van der Waals surface area contributed by atoms with E-state index in [1.54, 1.807) is 0 Å². The van der Waals surface area contributed by atoms with Crippen LogP contribution in [0.3, 0.4) is 0 Å². The third kappa shape index (κ3) is 2.84. The molecular weight excluding hydrogens is 217 g/mol. The summed E-state index contributed by atoms with van der Waals surface area (Å²) in [4.78, 5) is 2.03. The van der Waals surface area contributed by atoms with Gasteiger partial charge in [0.15, 0.2) is 0 Å².